The molecule has 1 heterocycles. The van der Waals surface area contributed by atoms with Crippen molar-refractivity contribution in [2.45, 2.75) is 90.5 Å². The maximum Gasteiger partial charge on any atom is 0.272 e. The molecule has 3 aromatic rings. The lowest BCUT2D eigenvalue weighted by Gasteiger charge is -2.19. The van der Waals surface area contributed by atoms with Crippen LogP contribution in [0.1, 0.15) is 87.1 Å². The first-order valence-electron chi connectivity index (χ1n) is 13.3. The highest BCUT2D eigenvalue weighted by atomic mass is 19.1. The molecule has 0 aliphatic rings. The van der Waals surface area contributed by atoms with Crippen LogP contribution in [-0.2, 0) is 18.5 Å². The monoisotopic (exact) mass is 522 g/mol. The molecule has 6 nitrogen and oxygen atoms in total. The van der Waals surface area contributed by atoms with Crippen LogP contribution in [0.3, 0.4) is 0 Å². The predicted molar refractivity (Wildman–Crippen MR) is 149 cm³/mol. The third-order valence-electron chi connectivity index (χ3n) is 6.71. The van der Waals surface area contributed by atoms with Gasteiger partial charge in [0.15, 0.2) is 0 Å². The van der Waals surface area contributed by atoms with E-state index in [1.165, 1.54) is 17.7 Å². The number of nitrogens with zero attached hydrogens (tertiary/aromatic N) is 2. The lowest BCUT2D eigenvalue weighted by molar-refractivity contribution is 0.0742. The molecule has 1 amide bonds. The van der Waals surface area contributed by atoms with E-state index < -0.39 is 12.2 Å². The second kappa shape index (κ2) is 12.7. The predicted octanol–water partition coefficient (Wildman–Crippen LogP) is 5.77. The second-order valence-corrected chi connectivity index (χ2v) is 11.2. The number of rotatable bonds is 11. The minimum atomic E-state index is -0.733. The van der Waals surface area contributed by atoms with Crippen molar-refractivity contribution < 1.29 is 19.4 Å². The SMILES string of the molecule is [CH2]CC(O)CC(O)CCn1c(-c2ccc(F)cc2)nc(C(=O)NCc2ccc(C(C)(C)C)cc2)c1C(C)C. The Hall–Kier alpha value is -3.03. The third-order valence-corrected chi connectivity index (χ3v) is 6.71. The van der Waals surface area contributed by atoms with Gasteiger partial charge in [-0.05, 0) is 66.0 Å². The first kappa shape index (κ1) is 29.5. The van der Waals surface area contributed by atoms with E-state index in [1.807, 2.05) is 30.5 Å². The average Bonchev–Trinajstić information content (AvgIpc) is 3.26. The maximum atomic E-state index is 13.7. The van der Waals surface area contributed by atoms with Crippen LogP contribution in [-0.4, -0.2) is 37.9 Å². The summed E-state index contributed by atoms with van der Waals surface area (Å²) in [7, 11) is 0. The molecule has 3 N–H and O–H groups in total. The fraction of sp³-hybridized carbons (Fsp3) is 0.452. The van der Waals surface area contributed by atoms with Gasteiger partial charge in [-0.15, -0.1) is 0 Å². The summed E-state index contributed by atoms with van der Waals surface area (Å²) in [5.41, 5.74) is 4.01. The fourth-order valence-electron chi connectivity index (χ4n) is 4.48. The zero-order valence-corrected chi connectivity index (χ0v) is 23.2. The summed E-state index contributed by atoms with van der Waals surface area (Å²) < 4.78 is 15.6. The molecule has 38 heavy (non-hydrogen) atoms. The summed E-state index contributed by atoms with van der Waals surface area (Å²) >= 11 is 0. The zero-order valence-electron chi connectivity index (χ0n) is 23.2. The molecule has 2 aromatic carbocycles. The molecule has 0 aliphatic carbocycles. The van der Waals surface area contributed by atoms with Crippen LogP contribution in [0.5, 0.6) is 0 Å². The number of halogens is 1. The van der Waals surface area contributed by atoms with E-state index in [-0.39, 0.29) is 29.5 Å². The Kier molecular flexibility index (Phi) is 9.85. The number of carbonyl (C=O) groups is 1. The molecule has 0 bridgehead atoms. The molecule has 3 rings (SSSR count). The fourth-order valence-corrected chi connectivity index (χ4v) is 4.48. The molecule has 1 aromatic heterocycles. The lowest BCUT2D eigenvalue weighted by Crippen LogP contribution is -2.25. The number of benzene rings is 2. The molecule has 205 valence electrons. The number of aromatic nitrogens is 2. The van der Waals surface area contributed by atoms with Crippen LogP contribution in [0.15, 0.2) is 48.5 Å². The molecular weight excluding hydrogens is 481 g/mol. The number of imidazole rings is 1. The summed E-state index contributed by atoms with van der Waals surface area (Å²) in [5, 5.41) is 23.4. The van der Waals surface area contributed by atoms with Gasteiger partial charge in [0, 0.05) is 18.7 Å². The van der Waals surface area contributed by atoms with Crippen molar-refractivity contribution >= 4 is 5.91 Å². The van der Waals surface area contributed by atoms with Gasteiger partial charge in [0.1, 0.15) is 17.3 Å². The molecule has 0 spiro atoms. The zero-order chi connectivity index (χ0) is 28.0. The minimum absolute atomic E-state index is 0.0360. The van der Waals surface area contributed by atoms with Gasteiger partial charge in [-0.25, -0.2) is 9.37 Å². The van der Waals surface area contributed by atoms with Gasteiger partial charge in [0.25, 0.3) is 5.91 Å². The van der Waals surface area contributed by atoms with E-state index in [9.17, 15) is 19.4 Å². The summed E-state index contributed by atoms with van der Waals surface area (Å²) in [4.78, 5) is 18.1. The van der Waals surface area contributed by atoms with Crippen LogP contribution < -0.4 is 5.32 Å². The number of amides is 1. The summed E-state index contributed by atoms with van der Waals surface area (Å²) in [6.45, 7) is 14.9. The van der Waals surface area contributed by atoms with Gasteiger partial charge >= 0.3 is 0 Å². The van der Waals surface area contributed by atoms with E-state index in [4.69, 9.17) is 4.98 Å². The molecule has 0 fully saturated rings. The number of hydrogen-bond acceptors (Lipinski definition) is 4. The molecule has 7 heteroatoms. The van der Waals surface area contributed by atoms with Gasteiger partial charge in [0.2, 0.25) is 0 Å². The summed E-state index contributed by atoms with van der Waals surface area (Å²) in [5.74, 6) is -0.142. The van der Waals surface area contributed by atoms with Gasteiger partial charge in [-0.3, -0.25) is 4.79 Å². The maximum absolute atomic E-state index is 13.7. The van der Waals surface area contributed by atoms with Gasteiger partial charge in [-0.1, -0.05) is 65.8 Å². The number of aliphatic hydroxyl groups excluding tert-OH is 2. The Bertz CT molecular complexity index is 1190. The normalized spacial score (nSPS) is 13.5. The van der Waals surface area contributed by atoms with Crippen molar-refractivity contribution in [1.29, 1.82) is 0 Å². The third kappa shape index (κ3) is 7.51. The number of hydrogen-bond donors (Lipinski definition) is 3. The number of carbonyl (C=O) groups excluding carboxylic acids is 1. The van der Waals surface area contributed by atoms with Gasteiger partial charge in [-0.2, -0.15) is 0 Å². The highest BCUT2D eigenvalue weighted by Crippen LogP contribution is 2.29. The number of aliphatic hydroxyl groups is 2. The van der Waals surface area contributed by atoms with Crippen molar-refractivity contribution in [3.05, 3.63) is 83.8 Å². The lowest BCUT2D eigenvalue weighted by atomic mass is 9.87. The molecule has 0 aliphatic heterocycles. The summed E-state index contributed by atoms with van der Waals surface area (Å²) in [6.07, 6.45) is -0.495. The van der Waals surface area contributed by atoms with E-state index in [0.29, 0.717) is 43.0 Å². The van der Waals surface area contributed by atoms with Crippen molar-refractivity contribution in [2.24, 2.45) is 0 Å². The van der Waals surface area contributed by atoms with E-state index in [1.54, 1.807) is 12.1 Å². The average molecular weight is 523 g/mol. The minimum Gasteiger partial charge on any atom is -0.393 e. The topological polar surface area (TPSA) is 87.4 Å². The molecule has 2 unspecified atom stereocenters. The van der Waals surface area contributed by atoms with Gasteiger partial charge < -0.3 is 20.1 Å². The van der Waals surface area contributed by atoms with Crippen LogP contribution in [0.25, 0.3) is 11.4 Å². The van der Waals surface area contributed by atoms with Crippen molar-refractivity contribution in [3.8, 4) is 11.4 Å². The highest BCUT2D eigenvalue weighted by molar-refractivity contribution is 5.94. The van der Waals surface area contributed by atoms with E-state index >= 15 is 0 Å². The second-order valence-electron chi connectivity index (χ2n) is 11.2. The first-order valence-corrected chi connectivity index (χ1v) is 13.3. The van der Waals surface area contributed by atoms with E-state index in [2.05, 4.69) is 45.1 Å². The molecular formula is C31H41FN3O3. The van der Waals surface area contributed by atoms with Gasteiger partial charge in [0.05, 0.1) is 17.9 Å². The largest absolute Gasteiger partial charge is 0.393 e. The van der Waals surface area contributed by atoms with Crippen molar-refractivity contribution in [1.82, 2.24) is 14.9 Å². The van der Waals surface area contributed by atoms with Crippen LogP contribution in [0, 0.1) is 12.7 Å². The highest BCUT2D eigenvalue weighted by Gasteiger charge is 2.26. The Balaban J connectivity index is 1.90. The Morgan fingerprint density at radius 2 is 1.68 bits per heavy atom. The first-order chi connectivity index (χ1) is 17.9. The molecule has 0 saturated heterocycles. The Labute approximate surface area is 225 Å². The smallest absolute Gasteiger partial charge is 0.272 e. The van der Waals surface area contributed by atoms with Crippen molar-refractivity contribution in [2.75, 3.05) is 0 Å². The molecule has 0 saturated carbocycles. The molecule has 2 atom stereocenters. The Morgan fingerprint density at radius 1 is 1.05 bits per heavy atom. The van der Waals surface area contributed by atoms with Crippen LogP contribution in [0.4, 0.5) is 4.39 Å². The number of nitrogens with one attached hydrogen (secondary N) is 1. The summed E-state index contributed by atoms with van der Waals surface area (Å²) in [6, 6.07) is 14.2. The van der Waals surface area contributed by atoms with Crippen molar-refractivity contribution in [3.63, 3.8) is 0 Å². The quantitative estimate of drug-likeness (QED) is 0.299. The standard InChI is InChI=1S/C31H41FN3O3/c1-7-25(36)18-26(37)16-17-35-28(20(2)3)27(34-29(35)22-10-14-24(32)15-11-22)30(38)33-19-21-8-12-23(13-9-21)31(4,5)6/h8-15,20,25-26,36-37H,1,7,16-19H2,2-6H3,(H,33,38). The van der Waals surface area contributed by atoms with E-state index in [0.717, 1.165) is 11.3 Å². The Morgan fingerprint density at radius 3 is 2.24 bits per heavy atom. The van der Waals surface area contributed by atoms with Crippen LogP contribution in [0.2, 0.25) is 0 Å². The van der Waals surface area contributed by atoms with Crippen LogP contribution >= 0.6 is 0 Å². The molecule has 1 radical (unpaired) electrons.